The zero-order chi connectivity index (χ0) is 17.6. The summed E-state index contributed by atoms with van der Waals surface area (Å²) in [5.41, 5.74) is 0. The minimum absolute atomic E-state index is 0.0687. The number of carbonyl (C=O) groups is 2. The van der Waals surface area contributed by atoms with Gasteiger partial charge in [0.15, 0.2) is 4.34 Å². The molecule has 0 fully saturated rings. The van der Waals surface area contributed by atoms with Crippen LogP contribution in [0.5, 0.6) is 0 Å². The Bertz CT molecular complexity index is 658. The number of anilines is 1. The van der Waals surface area contributed by atoms with E-state index in [1.807, 2.05) is 13.8 Å². The molecule has 1 aromatic rings. The monoisotopic (exact) mass is 381 g/mol. The van der Waals surface area contributed by atoms with Crippen LogP contribution in [0.4, 0.5) is 5.13 Å². The summed E-state index contributed by atoms with van der Waals surface area (Å²) in [7, 11) is -2.11. The average molecular weight is 382 g/mol. The van der Waals surface area contributed by atoms with Crippen molar-refractivity contribution in [2.45, 2.75) is 24.2 Å². The van der Waals surface area contributed by atoms with Gasteiger partial charge in [-0.15, -0.1) is 10.2 Å². The molecule has 0 spiro atoms. The lowest BCUT2D eigenvalue weighted by atomic mass is 10.4. The molecule has 0 radical (unpaired) electrons. The van der Waals surface area contributed by atoms with E-state index in [1.165, 1.54) is 18.8 Å². The molecule has 0 aromatic carbocycles. The van der Waals surface area contributed by atoms with Gasteiger partial charge in [-0.2, -0.15) is 4.31 Å². The van der Waals surface area contributed by atoms with E-state index >= 15 is 0 Å². The summed E-state index contributed by atoms with van der Waals surface area (Å²) in [6, 6.07) is 0.0687. The lowest BCUT2D eigenvalue weighted by Crippen LogP contribution is -2.34. The molecule has 23 heavy (non-hydrogen) atoms. The molecule has 0 saturated carbocycles. The first-order valence-electron chi connectivity index (χ1n) is 6.54. The molecule has 0 atom stereocenters. The van der Waals surface area contributed by atoms with E-state index < -0.39 is 15.9 Å². The first kappa shape index (κ1) is 19.8. The largest absolute Gasteiger partial charge is 0.353 e. The maximum absolute atomic E-state index is 11.7. The van der Waals surface area contributed by atoms with Crippen molar-refractivity contribution in [3.05, 3.63) is 0 Å². The molecular formula is C11H19N5O4S3. The smallest absolute Gasteiger partial charge is 0.241 e. The molecular weight excluding hydrogens is 362 g/mol. The molecule has 1 aromatic heterocycles. The Morgan fingerprint density at radius 1 is 1.30 bits per heavy atom. The summed E-state index contributed by atoms with van der Waals surface area (Å²) in [6.45, 7) is 3.43. The fraction of sp³-hybridized carbons (Fsp3) is 0.636. The maximum atomic E-state index is 11.7. The van der Waals surface area contributed by atoms with Gasteiger partial charge in [0.05, 0.1) is 18.6 Å². The van der Waals surface area contributed by atoms with Gasteiger partial charge in [0, 0.05) is 13.1 Å². The molecule has 0 bridgehead atoms. The summed E-state index contributed by atoms with van der Waals surface area (Å²) < 4.78 is 23.9. The number of nitrogens with zero attached hydrogens (tertiary/aromatic N) is 3. The van der Waals surface area contributed by atoms with Crippen molar-refractivity contribution in [1.29, 1.82) is 0 Å². The van der Waals surface area contributed by atoms with Crippen LogP contribution < -0.4 is 10.6 Å². The maximum Gasteiger partial charge on any atom is 0.241 e. The summed E-state index contributed by atoms with van der Waals surface area (Å²) >= 11 is 2.33. The zero-order valence-electron chi connectivity index (χ0n) is 13.2. The van der Waals surface area contributed by atoms with E-state index in [0.29, 0.717) is 4.34 Å². The topological polar surface area (TPSA) is 121 Å². The highest BCUT2D eigenvalue weighted by molar-refractivity contribution is 8.01. The van der Waals surface area contributed by atoms with Crippen LogP contribution >= 0.6 is 23.1 Å². The second-order valence-corrected chi connectivity index (χ2v) is 9.24. The van der Waals surface area contributed by atoms with Crippen LogP contribution in [0.15, 0.2) is 4.34 Å². The third-order valence-electron chi connectivity index (χ3n) is 2.36. The van der Waals surface area contributed by atoms with Gasteiger partial charge in [0.2, 0.25) is 27.0 Å². The molecule has 0 saturated heterocycles. The van der Waals surface area contributed by atoms with Crippen LogP contribution in [0.3, 0.4) is 0 Å². The van der Waals surface area contributed by atoms with E-state index in [4.69, 9.17) is 0 Å². The van der Waals surface area contributed by atoms with E-state index in [0.717, 1.165) is 21.9 Å². The van der Waals surface area contributed by atoms with Crippen molar-refractivity contribution in [2.75, 3.05) is 30.9 Å². The van der Waals surface area contributed by atoms with Gasteiger partial charge in [0.25, 0.3) is 0 Å². The number of likely N-dealkylation sites (N-methyl/N-ethyl adjacent to an activating group) is 1. The number of carbonyl (C=O) groups excluding carboxylic acids is 2. The number of hydrogen-bond acceptors (Lipinski definition) is 8. The van der Waals surface area contributed by atoms with Gasteiger partial charge in [-0.05, 0) is 13.8 Å². The summed E-state index contributed by atoms with van der Waals surface area (Å²) in [4.78, 5) is 23.2. The molecule has 9 nitrogen and oxygen atoms in total. The first-order valence-corrected chi connectivity index (χ1v) is 10.2. The quantitative estimate of drug-likeness (QED) is 0.479. The van der Waals surface area contributed by atoms with Crippen molar-refractivity contribution in [3.63, 3.8) is 0 Å². The normalized spacial score (nSPS) is 11.7. The first-order chi connectivity index (χ1) is 10.6. The van der Waals surface area contributed by atoms with Crippen LogP contribution in [0.2, 0.25) is 0 Å². The zero-order valence-corrected chi connectivity index (χ0v) is 15.6. The number of amides is 2. The second kappa shape index (κ2) is 8.57. The van der Waals surface area contributed by atoms with E-state index in [9.17, 15) is 18.0 Å². The van der Waals surface area contributed by atoms with Gasteiger partial charge in [0.1, 0.15) is 0 Å². The van der Waals surface area contributed by atoms with Gasteiger partial charge in [-0.3, -0.25) is 14.9 Å². The number of rotatable bonds is 8. The Labute approximate surface area is 143 Å². The standard InChI is InChI=1S/C11H19N5O4S3/c1-7(2)12-9(18)6-21-11-15-14-10(22-11)13-8(17)5-16(3)23(4,19)20/h7H,5-6H2,1-4H3,(H,12,18)(H,13,14,17). The second-order valence-electron chi connectivity index (χ2n) is 4.95. The van der Waals surface area contributed by atoms with Gasteiger partial charge >= 0.3 is 0 Å². The minimum atomic E-state index is -3.42. The van der Waals surface area contributed by atoms with E-state index in [-0.39, 0.29) is 29.4 Å². The van der Waals surface area contributed by atoms with Gasteiger partial charge in [-0.25, -0.2) is 8.42 Å². The third-order valence-corrected chi connectivity index (χ3v) is 5.60. The summed E-state index contributed by atoms with van der Waals surface area (Å²) in [5, 5.41) is 13.1. The lowest BCUT2D eigenvalue weighted by molar-refractivity contribution is -0.119. The number of aromatic nitrogens is 2. The summed E-state index contributed by atoms with van der Waals surface area (Å²) in [5.74, 6) is -0.416. The van der Waals surface area contributed by atoms with Crippen molar-refractivity contribution >= 4 is 50.1 Å². The number of sulfonamides is 1. The molecule has 2 amide bonds. The number of hydrogen-bond donors (Lipinski definition) is 2. The fourth-order valence-corrected chi connectivity index (χ4v) is 3.22. The molecule has 0 unspecified atom stereocenters. The molecule has 1 rings (SSSR count). The highest BCUT2D eigenvalue weighted by Crippen LogP contribution is 2.25. The van der Waals surface area contributed by atoms with Crippen molar-refractivity contribution in [3.8, 4) is 0 Å². The predicted octanol–water partition coefficient (Wildman–Crippen LogP) is -0.0153. The van der Waals surface area contributed by atoms with Crippen LogP contribution in [0.1, 0.15) is 13.8 Å². The molecule has 0 aliphatic rings. The van der Waals surface area contributed by atoms with E-state index in [2.05, 4.69) is 20.8 Å². The summed E-state index contributed by atoms with van der Waals surface area (Å²) in [6.07, 6.45) is 1.02. The van der Waals surface area contributed by atoms with Crippen molar-refractivity contribution in [1.82, 2.24) is 19.8 Å². The lowest BCUT2D eigenvalue weighted by Gasteiger charge is -2.12. The Balaban J connectivity index is 2.47. The van der Waals surface area contributed by atoms with Crippen LogP contribution in [-0.2, 0) is 19.6 Å². The van der Waals surface area contributed by atoms with Gasteiger partial charge in [-0.1, -0.05) is 23.1 Å². The molecule has 0 aliphatic carbocycles. The van der Waals surface area contributed by atoms with Crippen LogP contribution in [0.25, 0.3) is 0 Å². The Kier molecular flexibility index (Phi) is 7.38. The number of thioether (sulfide) groups is 1. The minimum Gasteiger partial charge on any atom is -0.353 e. The fourth-order valence-electron chi connectivity index (χ4n) is 1.29. The van der Waals surface area contributed by atoms with Crippen molar-refractivity contribution in [2.24, 2.45) is 0 Å². The Morgan fingerprint density at radius 2 is 1.96 bits per heavy atom. The highest BCUT2D eigenvalue weighted by atomic mass is 32.2. The molecule has 12 heteroatoms. The predicted molar refractivity (Wildman–Crippen MR) is 90.0 cm³/mol. The Morgan fingerprint density at radius 3 is 2.52 bits per heavy atom. The highest BCUT2D eigenvalue weighted by Gasteiger charge is 2.16. The van der Waals surface area contributed by atoms with Crippen molar-refractivity contribution < 1.29 is 18.0 Å². The Hall–Kier alpha value is -1.24. The SMILES string of the molecule is CC(C)NC(=O)CSc1nnc(NC(=O)CN(C)S(C)(=O)=O)s1. The molecule has 130 valence electrons. The average Bonchev–Trinajstić information content (AvgIpc) is 2.81. The van der Waals surface area contributed by atoms with Crippen LogP contribution in [0, 0.1) is 0 Å². The van der Waals surface area contributed by atoms with Crippen LogP contribution in [-0.4, -0.2) is 66.4 Å². The third kappa shape index (κ3) is 7.72. The molecule has 0 aliphatic heterocycles. The van der Waals surface area contributed by atoms with Gasteiger partial charge < -0.3 is 5.32 Å². The van der Waals surface area contributed by atoms with E-state index in [1.54, 1.807) is 0 Å². The molecule has 2 N–H and O–H groups in total. The molecule has 1 heterocycles. The number of nitrogens with one attached hydrogen (secondary N) is 2.